The molecule has 2 heterocycles. The Labute approximate surface area is 125 Å². The van der Waals surface area contributed by atoms with E-state index in [2.05, 4.69) is 15.1 Å². The molecule has 1 aliphatic rings. The summed E-state index contributed by atoms with van der Waals surface area (Å²) >= 11 is 0. The Morgan fingerprint density at radius 3 is 2.86 bits per heavy atom. The molecule has 1 saturated heterocycles. The predicted molar refractivity (Wildman–Crippen MR) is 80.5 cm³/mol. The van der Waals surface area contributed by atoms with Crippen molar-refractivity contribution < 1.29 is 5.11 Å². The third-order valence-corrected chi connectivity index (χ3v) is 4.33. The van der Waals surface area contributed by atoms with E-state index in [0.29, 0.717) is 6.04 Å². The van der Waals surface area contributed by atoms with Gasteiger partial charge in [-0.05, 0) is 31.4 Å². The number of rotatable bonds is 5. The number of aromatic nitrogens is 3. The number of likely N-dealkylation sites (tertiary alicyclic amines) is 1. The van der Waals surface area contributed by atoms with E-state index >= 15 is 0 Å². The average molecular weight is 286 g/mol. The van der Waals surface area contributed by atoms with Gasteiger partial charge in [0.25, 0.3) is 0 Å². The molecule has 0 saturated carbocycles. The number of aliphatic hydroxyl groups excluding tert-OH is 1. The minimum Gasteiger partial charge on any atom is -0.388 e. The van der Waals surface area contributed by atoms with Gasteiger partial charge in [-0.1, -0.05) is 30.3 Å². The van der Waals surface area contributed by atoms with Gasteiger partial charge in [-0.15, -0.1) is 10.2 Å². The van der Waals surface area contributed by atoms with E-state index in [4.69, 9.17) is 0 Å². The zero-order valence-corrected chi connectivity index (χ0v) is 12.4. The van der Waals surface area contributed by atoms with Gasteiger partial charge < -0.3 is 9.67 Å². The molecule has 1 aromatic heterocycles. The third-order valence-electron chi connectivity index (χ3n) is 4.33. The highest BCUT2D eigenvalue weighted by atomic mass is 16.3. The molecule has 5 heteroatoms. The van der Waals surface area contributed by atoms with Gasteiger partial charge in [0.15, 0.2) is 0 Å². The van der Waals surface area contributed by atoms with Gasteiger partial charge in [0, 0.05) is 13.1 Å². The molecule has 1 aromatic carbocycles. The molecule has 3 rings (SSSR count). The summed E-state index contributed by atoms with van der Waals surface area (Å²) in [5.41, 5.74) is 1.00. The maximum atomic E-state index is 10.4. The number of aliphatic hydroxyl groups is 1. The highest BCUT2D eigenvalue weighted by Crippen LogP contribution is 2.28. The zero-order chi connectivity index (χ0) is 14.7. The van der Waals surface area contributed by atoms with E-state index in [1.165, 1.54) is 6.42 Å². The Hall–Kier alpha value is -1.72. The van der Waals surface area contributed by atoms with E-state index in [1.807, 2.05) is 41.9 Å². The normalized spacial score (nSPS) is 20.8. The summed E-state index contributed by atoms with van der Waals surface area (Å²) in [5, 5.41) is 18.5. The fraction of sp³-hybridized carbons (Fsp3) is 0.500. The lowest BCUT2D eigenvalue weighted by Crippen LogP contribution is -2.31. The standard InChI is InChI=1S/C16H22N4O/c1-19-12-17-18-16(19)11-20-9-5-8-14(20)10-15(21)13-6-3-2-4-7-13/h2-4,6-7,12,14-15,21H,5,8-11H2,1H3. The summed E-state index contributed by atoms with van der Waals surface area (Å²) in [4.78, 5) is 2.41. The van der Waals surface area contributed by atoms with Gasteiger partial charge in [-0.25, -0.2) is 0 Å². The van der Waals surface area contributed by atoms with E-state index in [9.17, 15) is 5.11 Å². The van der Waals surface area contributed by atoms with Crippen LogP contribution in [-0.2, 0) is 13.6 Å². The fourth-order valence-electron chi connectivity index (χ4n) is 3.07. The molecule has 1 fully saturated rings. The van der Waals surface area contributed by atoms with Crippen LogP contribution < -0.4 is 0 Å². The van der Waals surface area contributed by atoms with E-state index in [0.717, 1.165) is 37.3 Å². The van der Waals surface area contributed by atoms with Crippen molar-refractivity contribution in [2.24, 2.45) is 7.05 Å². The van der Waals surface area contributed by atoms with Crippen LogP contribution in [0.4, 0.5) is 0 Å². The van der Waals surface area contributed by atoms with E-state index in [1.54, 1.807) is 6.33 Å². The van der Waals surface area contributed by atoms with Crippen LogP contribution in [0.2, 0.25) is 0 Å². The van der Waals surface area contributed by atoms with Crippen molar-refractivity contribution in [3.63, 3.8) is 0 Å². The Morgan fingerprint density at radius 1 is 1.33 bits per heavy atom. The fourth-order valence-corrected chi connectivity index (χ4v) is 3.07. The molecule has 21 heavy (non-hydrogen) atoms. The molecule has 112 valence electrons. The number of aryl methyl sites for hydroxylation is 1. The SMILES string of the molecule is Cn1cnnc1CN1CCCC1CC(O)c1ccccc1. The molecule has 0 aliphatic carbocycles. The zero-order valence-electron chi connectivity index (χ0n) is 12.4. The van der Waals surface area contributed by atoms with Crippen molar-refractivity contribution in [2.45, 2.75) is 38.0 Å². The summed E-state index contributed by atoms with van der Waals surface area (Å²) in [7, 11) is 1.97. The maximum absolute atomic E-state index is 10.4. The van der Waals surface area contributed by atoms with Crippen LogP contribution in [0.1, 0.15) is 36.8 Å². The molecule has 2 unspecified atom stereocenters. The number of nitrogens with zero attached hydrogens (tertiary/aromatic N) is 4. The second-order valence-corrected chi connectivity index (χ2v) is 5.79. The van der Waals surface area contributed by atoms with Crippen LogP contribution in [0.15, 0.2) is 36.7 Å². The number of hydrogen-bond acceptors (Lipinski definition) is 4. The molecular weight excluding hydrogens is 264 g/mol. The first-order valence-corrected chi connectivity index (χ1v) is 7.54. The molecule has 0 amide bonds. The third kappa shape index (κ3) is 3.31. The molecular formula is C16H22N4O. The average Bonchev–Trinajstić information content (AvgIpc) is 3.11. The van der Waals surface area contributed by atoms with Crippen molar-refractivity contribution in [2.75, 3.05) is 6.54 Å². The van der Waals surface area contributed by atoms with Gasteiger partial charge in [-0.2, -0.15) is 0 Å². The quantitative estimate of drug-likeness (QED) is 0.912. The lowest BCUT2D eigenvalue weighted by Gasteiger charge is -2.26. The Bertz CT molecular complexity index is 569. The smallest absolute Gasteiger partial charge is 0.146 e. The van der Waals surface area contributed by atoms with Crippen LogP contribution in [0, 0.1) is 0 Å². The second-order valence-electron chi connectivity index (χ2n) is 5.79. The van der Waals surface area contributed by atoms with Crippen molar-refractivity contribution in [1.29, 1.82) is 0 Å². The van der Waals surface area contributed by atoms with Gasteiger partial charge in [0.1, 0.15) is 12.2 Å². The first kappa shape index (κ1) is 14.2. The van der Waals surface area contributed by atoms with Crippen molar-refractivity contribution in [1.82, 2.24) is 19.7 Å². The van der Waals surface area contributed by atoms with Crippen LogP contribution in [-0.4, -0.2) is 37.4 Å². The van der Waals surface area contributed by atoms with Gasteiger partial charge in [0.2, 0.25) is 0 Å². The number of hydrogen-bond donors (Lipinski definition) is 1. The summed E-state index contributed by atoms with van der Waals surface area (Å²) in [6.45, 7) is 1.88. The Kier molecular flexibility index (Phi) is 4.31. The van der Waals surface area contributed by atoms with Gasteiger partial charge in [-0.3, -0.25) is 4.90 Å². The molecule has 0 bridgehead atoms. The van der Waals surface area contributed by atoms with Crippen molar-refractivity contribution in [3.05, 3.63) is 48.0 Å². The largest absolute Gasteiger partial charge is 0.388 e. The minimum absolute atomic E-state index is 0.392. The Balaban J connectivity index is 1.63. The molecule has 2 aromatic rings. The molecule has 5 nitrogen and oxygen atoms in total. The lowest BCUT2D eigenvalue weighted by atomic mass is 10.0. The molecule has 1 N–H and O–H groups in total. The van der Waals surface area contributed by atoms with Gasteiger partial charge in [0.05, 0.1) is 12.6 Å². The summed E-state index contributed by atoms with van der Waals surface area (Å²) in [6.07, 6.45) is 4.45. The first-order valence-electron chi connectivity index (χ1n) is 7.54. The van der Waals surface area contributed by atoms with Crippen molar-refractivity contribution in [3.8, 4) is 0 Å². The topological polar surface area (TPSA) is 54.2 Å². The Morgan fingerprint density at radius 2 is 2.14 bits per heavy atom. The van der Waals surface area contributed by atoms with Crippen LogP contribution in [0.3, 0.4) is 0 Å². The van der Waals surface area contributed by atoms with E-state index in [-0.39, 0.29) is 0 Å². The van der Waals surface area contributed by atoms with E-state index < -0.39 is 6.10 Å². The first-order chi connectivity index (χ1) is 10.2. The van der Waals surface area contributed by atoms with Crippen LogP contribution >= 0.6 is 0 Å². The van der Waals surface area contributed by atoms with Crippen LogP contribution in [0.5, 0.6) is 0 Å². The summed E-state index contributed by atoms with van der Waals surface area (Å²) in [6, 6.07) is 10.3. The van der Waals surface area contributed by atoms with Crippen LogP contribution in [0.25, 0.3) is 0 Å². The molecule has 1 aliphatic heterocycles. The summed E-state index contributed by atoms with van der Waals surface area (Å²) < 4.78 is 1.96. The lowest BCUT2D eigenvalue weighted by molar-refractivity contribution is 0.116. The highest BCUT2D eigenvalue weighted by Gasteiger charge is 2.28. The van der Waals surface area contributed by atoms with Crippen molar-refractivity contribution >= 4 is 0 Å². The predicted octanol–water partition coefficient (Wildman–Crippen LogP) is 1.90. The highest BCUT2D eigenvalue weighted by molar-refractivity contribution is 5.17. The summed E-state index contributed by atoms with van der Waals surface area (Å²) in [5.74, 6) is 0.983. The molecule has 0 radical (unpaired) electrons. The monoisotopic (exact) mass is 286 g/mol. The minimum atomic E-state index is -0.392. The second kappa shape index (κ2) is 6.37. The van der Waals surface area contributed by atoms with Gasteiger partial charge >= 0.3 is 0 Å². The number of benzene rings is 1. The maximum Gasteiger partial charge on any atom is 0.146 e. The molecule has 2 atom stereocenters. The molecule has 0 spiro atoms.